The Balaban J connectivity index is 0.000000145. The van der Waals surface area contributed by atoms with Gasteiger partial charge in [0.25, 0.3) is 0 Å². The number of piperidine rings is 3. The zero-order chi connectivity index (χ0) is 99.3. The van der Waals surface area contributed by atoms with Crippen LogP contribution in [-0.4, -0.2) is 184 Å². The molecule has 0 radical (unpaired) electrons. The largest absolute Gasteiger partial charge is 0.514 e. The Bertz CT molecular complexity index is 5780. The molecule has 18 rings (SSSR count). The minimum Gasteiger partial charge on any atom is -0.444 e. The number of aromatic amines is 1. The number of halogens is 7. The van der Waals surface area contributed by atoms with E-state index in [-0.39, 0.29) is 83.4 Å². The summed E-state index contributed by atoms with van der Waals surface area (Å²) in [5, 5.41) is 31.3. The van der Waals surface area contributed by atoms with Crippen LogP contribution in [0.3, 0.4) is 0 Å². The van der Waals surface area contributed by atoms with Gasteiger partial charge in [-0.2, -0.15) is 15.3 Å². The molecular formula is C100H130BBrCl6N18O10S3. The number of H-pyrrole nitrogens is 1. The number of ether oxygens (including phenoxy) is 5. The Hall–Kier alpha value is -7.09. The molecule has 9 fully saturated rings. The fourth-order valence-electron chi connectivity index (χ4n) is 20.1. The average Bonchev–Trinajstić information content (AvgIpc) is 1.67. The third kappa shape index (κ3) is 25.7. The topological polar surface area (TPSA) is 303 Å². The molecular weight excluding hydrogens is 2010 g/mol. The Morgan fingerprint density at radius 1 is 0.446 bits per heavy atom. The summed E-state index contributed by atoms with van der Waals surface area (Å²) in [5.41, 5.74) is 4.68. The zero-order valence-corrected chi connectivity index (χ0v) is 90.9. The van der Waals surface area contributed by atoms with Gasteiger partial charge in [-0.1, -0.05) is 142 Å². The number of anilines is 3. The van der Waals surface area contributed by atoms with E-state index in [2.05, 4.69) is 89.6 Å². The molecule has 3 aromatic carbocycles. The van der Waals surface area contributed by atoms with Gasteiger partial charge in [0.1, 0.15) is 54.1 Å². The molecule has 6 aromatic heterocycles. The van der Waals surface area contributed by atoms with Crippen LogP contribution in [0.1, 0.15) is 254 Å². The summed E-state index contributed by atoms with van der Waals surface area (Å²) >= 11 is 46.2. The van der Waals surface area contributed by atoms with E-state index in [9.17, 15) is 14.4 Å². The number of alkyl carbamates (subject to hydrolysis) is 3. The summed E-state index contributed by atoms with van der Waals surface area (Å²) in [5.74, 6) is 2.53. The highest BCUT2D eigenvalue weighted by atomic mass is 79.9. The molecule has 750 valence electrons. The highest BCUT2D eigenvalue weighted by Gasteiger charge is 2.54. The maximum Gasteiger partial charge on any atom is 0.514 e. The Labute approximate surface area is 868 Å². The van der Waals surface area contributed by atoms with E-state index in [4.69, 9.17) is 138 Å². The first-order chi connectivity index (χ1) is 66.0. The van der Waals surface area contributed by atoms with E-state index in [1.54, 1.807) is 30.6 Å². The molecule has 3 saturated carbocycles. The summed E-state index contributed by atoms with van der Waals surface area (Å²) in [7, 11) is -0.381. The summed E-state index contributed by atoms with van der Waals surface area (Å²) in [6.45, 7) is 37.8. The van der Waals surface area contributed by atoms with Crippen molar-refractivity contribution in [2.75, 3.05) is 67.2 Å². The summed E-state index contributed by atoms with van der Waals surface area (Å²) < 4.78 is 45.4. The van der Waals surface area contributed by atoms with Crippen LogP contribution in [-0.2, 0) is 33.0 Å². The van der Waals surface area contributed by atoms with E-state index in [1.165, 1.54) is 41.7 Å². The van der Waals surface area contributed by atoms with Crippen LogP contribution in [0.2, 0.25) is 30.1 Å². The number of aryl methyl sites for hydroxylation is 3. The van der Waals surface area contributed by atoms with Crippen molar-refractivity contribution in [3.8, 4) is 22.8 Å². The number of benzene rings is 3. The number of aromatic nitrogens is 12. The van der Waals surface area contributed by atoms with Gasteiger partial charge in [0, 0.05) is 104 Å². The molecule has 3 aliphatic carbocycles. The van der Waals surface area contributed by atoms with Crippen LogP contribution in [0.15, 0.2) is 126 Å². The lowest BCUT2D eigenvalue weighted by Gasteiger charge is -2.44. The Morgan fingerprint density at radius 3 is 1.20 bits per heavy atom. The highest BCUT2D eigenvalue weighted by molar-refractivity contribution is 9.10. The second kappa shape index (κ2) is 44.9. The number of rotatable bonds is 17. The second-order valence-electron chi connectivity index (χ2n) is 41.6. The third-order valence-corrected chi connectivity index (χ3v) is 34.8. The van der Waals surface area contributed by atoms with Crippen molar-refractivity contribution in [3.05, 3.63) is 143 Å². The molecule has 0 bridgehead atoms. The fraction of sp³-hybridized carbons (Fsp3) is 0.580. The molecule has 2 unspecified atom stereocenters. The molecule has 139 heavy (non-hydrogen) atoms. The van der Waals surface area contributed by atoms with Gasteiger partial charge in [-0.25, -0.2) is 53.7 Å². The van der Waals surface area contributed by atoms with Crippen LogP contribution in [0, 0.1) is 37.0 Å². The van der Waals surface area contributed by atoms with Crippen molar-refractivity contribution in [2.45, 2.75) is 334 Å². The standard InChI is InChI=1S/C33H42Cl2N6O3S.C28H34Cl2N6O2S.C25H31BrCl2N4O2S.C14H23BN2O3/c1-21-30(45-24-10-7-9-22(34)27(24)35)39-28(23-13-17-36-41(23)26-12-5-6-20-43-26)29(37-21)40-18-15-33(16-19-40)14-8-11-25(33)38-31(42)44-32(2,3)4;1-17-25(39-20-8-5-7-18(29)22(20)30)34-23(19-10-14-31-35-19)24(32-17)36-15-12-28(13-16-36)11-6-9-21(28)33-26(37)38-27(2,3)4;1-15-22(35-17-8-5-7-16(27)19(17)28)31-20(26)21(29-15)32-13-11-25(12-14-32)10-6-9-18(25)30-23(33)34-24(2,3)4;1-13(2)14(3,4)20-15(19-13)11-8-9-16-17(11)12-7-5-6-10-18-12/h7,9-10,13,17,25-26H,5-6,8,11-12,14-16,18-20H2,1-4H3,(H,38,42);5,7-8,10,14,21H,6,9,11-13,15-16H2,1-4H3,(H,31,35)(H,33,37);5,7-8,18H,6,9-14H2,1-4H3,(H,30,33);8-9,12H,5-7,10H2,1-4H3/t25-,26?;21-;18-;/m111./s1. The number of carbonyl (C=O) groups is 3. The van der Waals surface area contributed by atoms with Crippen LogP contribution >= 0.6 is 121 Å². The average molecular weight is 2140 g/mol. The molecule has 28 nitrogen and oxygen atoms in total. The molecule has 9 aromatic rings. The first-order valence-electron chi connectivity index (χ1n) is 48.5. The van der Waals surface area contributed by atoms with E-state index in [0.29, 0.717) is 30.1 Å². The van der Waals surface area contributed by atoms with Gasteiger partial charge >= 0.3 is 25.4 Å². The molecule has 3 spiro atoms. The quantitative estimate of drug-likeness (QED) is 0.0486. The minimum atomic E-state index is -0.524. The van der Waals surface area contributed by atoms with Gasteiger partial charge in [-0.15, -0.1) is 0 Å². The first kappa shape index (κ1) is 106. The SMILES string of the molecule is CC1(C)OB(c2ccnn2C2CCCCO2)OC1(C)C.Cc1nc(N2CCC3(CCC[C@H]3NC(=O)OC(C)(C)C)CC2)c(-c2ccn[nH]2)nc1Sc1cccc(Cl)c1Cl.Cc1nc(N2CCC3(CCC[C@H]3NC(=O)OC(C)(C)C)CC2)c(-c2ccnn2C2CCCCO2)nc1Sc1cccc(Cl)c1Cl.Cc1nc(N2CCC3(CCC[C@H]3NC(=O)OC(C)(C)C)CC2)c(Br)nc1Sc1cccc(Cl)c1Cl. The number of nitrogens with one attached hydrogen (secondary N) is 4. The number of nitrogens with zero attached hydrogens (tertiary/aromatic N) is 14. The monoisotopic (exact) mass is 2140 g/mol. The number of hydrogen-bond acceptors (Lipinski definition) is 25. The predicted molar refractivity (Wildman–Crippen MR) is 557 cm³/mol. The van der Waals surface area contributed by atoms with Crippen molar-refractivity contribution < 1.29 is 47.4 Å². The van der Waals surface area contributed by atoms with Crippen molar-refractivity contribution in [3.63, 3.8) is 0 Å². The van der Waals surface area contributed by atoms with Crippen LogP contribution < -0.4 is 36.2 Å². The van der Waals surface area contributed by atoms with E-state index in [1.807, 2.05) is 153 Å². The minimum absolute atomic E-state index is 0.00720. The number of amides is 3. The lowest BCUT2D eigenvalue weighted by Crippen LogP contribution is -2.51. The van der Waals surface area contributed by atoms with Gasteiger partial charge < -0.3 is 63.6 Å². The number of hydrogen-bond donors (Lipinski definition) is 4. The van der Waals surface area contributed by atoms with Crippen LogP contribution in [0.25, 0.3) is 22.8 Å². The Morgan fingerprint density at radius 2 is 0.813 bits per heavy atom. The Kier molecular flexibility index (Phi) is 34.3. The molecule has 39 heteroatoms. The van der Waals surface area contributed by atoms with Crippen LogP contribution in [0.5, 0.6) is 0 Å². The number of carbonyl (C=O) groups excluding carboxylic acids is 3. The molecule has 4 N–H and O–H groups in total. The summed E-state index contributed by atoms with van der Waals surface area (Å²) in [6, 6.07) is 23.0. The maximum absolute atomic E-state index is 12.7. The van der Waals surface area contributed by atoms with Gasteiger partial charge in [0.05, 0.1) is 75.4 Å². The van der Waals surface area contributed by atoms with Gasteiger partial charge in [-0.05, 0) is 313 Å². The smallest absolute Gasteiger partial charge is 0.444 e. The summed E-state index contributed by atoms with van der Waals surface area (Å²) in [4.78, 5) is 77.4. The molecule has 3 amide bonds. The molecule has 6 aliphatic heterocycles. The van der Waals surface area contributed by atoms with Gasteiger partial charge in [0.2, 0.25) is 0 Å². The predicted octanol–water partition coefficient (Wildman–Crippen LogP) is 25.3. The maximum atomic E-state index is 12.7. The van der Waals surface area contributed by atoms with Crippen molar-refractivity contribution in [1.82, 2.24) is 75.6 Å². The summed E-state index contributed by atoms with van der Waals surface area (Å²) in [6.07, 6.45) is 26.0. The van der Waals surface area contributed by atoms with Crippen molar-refractivity contribution in [2.24, 2.45) is 16.2 Å². The van der Waals surface area contributed by atoms with Crippen LogP contribution in [0.4, 0.5) is 31.8 Å². The normalized spacial score (nSPS) is 21.4. The third-order valence-electron chi connectivity index (χ3n) is 28.0. The fourth-order valence-corrected chi connectivity index (χ4v) is 24.8. The lowest BCUT2D eigenvalue weighted by atomic mass is 9.74. The lowest BCUT2D eigenvalue weighted by molar-refractivity contribution is -0.0384. The van der Waals surface area contributed by atoms with E-state index < -0.39 is 16.8 Å². The molecule has 5 atom stereocenters. The van der Waals surface area contributed by atoms with Crippen molar-refractivity contribution in [1.29, 1.82) is 0 Å². The second-order valence-corrected chi connectivity index (χ2v) is 47.8. The first-order valence-corrected chi connectivity index (χ1v) is 54.0. The molecule has 12 heterocycles. The van der Waals surface area contributed by atoms with Gasteiger partial charge in [-0.3, -0.25) is 5.10 Å². The molecule has 9 aliphatic rings. The molecule has 6 saturated heterocycles. The zero-order valence-electron chi connectivity index (χ0n) is 82.3. The van der Waals surface area contributed by atoms with Gasteiger partial charge in [0.15, 0.2) is 23.7 Å². The van der Waals surface area contributed by atoms with Crippen molar-refractivity contribution >= 4 is 169 Å². The van der Waals surface area contributed by atoms with E-state index >= 15 is 0 Å². The highest BCUT2D eigenvalue weighted by Crippen LogP contribution is 2.53. The van der Waals surface area contributed by atoms with E-state index in [0.717, 1.165) is 278 Å².